The third kappa shape index (κ3) is 5.32. The van der Waals surface area contributed by atoms with E-state index in [-0.39, 0.29) is 17.6 Å². The summed E-state index contributed by atoms with van der Waals surface area (Å²) >= 11 is 7.06. The van der Waals surface area contributed by atoms with E-state index in [2.05, 4.69) is 12.2 Å². The van der Waals surface area contributed by atoms with Crippen LogP contribution in [0.3, 0.4) is 0 Å². The number of thiophene rings is 1. The van der Waals surface area contributed by atoms with E-state index in [1.54, 1.807) is 18.2 Å². The van der Waals surface area contributed by atoms with Crippen LogP contribution in [-0.4, -0.2) is 24.7 Å². The topological polar surface area (TPSA) is 55.4 Å². The number of hydrogen-bond donors (Lipinski definition) is 1. The Balaban J connectivity index is 2.30. The van der Waals surface area contributed by atoms with Gasteiger partial charge in [-0.15, -0.1) is 22.9 Å². The molecule has 0 radical (unpaired) electrons. The molecule has 1 aromatic heterocycles. The first-order chi connectivity index (χ1) is 12.6. The number of aryl methyl sites for hydroxylation is 1. The fourth-order valence-corrected chi connectivity index (χ4v) is 3.87. The average molecular weight is 394 g/mol. The van der Waals surface area contributed by atoms with Crippen LogP contribution in [0, 0.1) is 0 Å². The molecule has 0 spiro atoms. The highest BCUT2D eigenvalue weighted by molar-refractivity contribution is 7.16. The Morgan fingerprint density at radius 3 is 2.62 bits per heavy atom. The molecule has 0 saturated heterocycles. The Labute approximate surface area is 163 Å². The normalized spacial score (nSPS) is 10.6. The highest BCUT2D eigenvalue weighted by Crippen LogP contribution is 2.33. The summed E-state index contributed by atoms with van der Waals surface area (Å²) in [5, 5.41) is 3.31. The second-order valence-corrected chi connectivity index (χ2v) is 7.38. The molecule has 1 amide bonds. The smallest absolute Gasteiger partial charge is 0.239 e. The summed E-state index contributed by atoms with van der Waals surface area (Å²) in [5.41, 5.74) is 0.968. The molecule has 0 aliphatic carbocycles. The summed E-state index contributed by atoms with van der Waals surface area (Å²) in [6.07, 6.45) is 5.51. The summed E-state index contributed by atoms with van der Waals surface area (Å²) in [6, 6.07) is 8.98. The number of para-hydroxylation sites is 1. The number of carbonyl (C=O) groups excluding carboxylic acids is 2. The lowest BCUT2D eigenvalue weighted by Crippen LogP contribution is -2.14. The molecule has 4 nitrogen and oxygen atoms in total. The van der Waals surface area contributed by atoms with Crippen molar-refractivity contribution in [1.29, 1.82) is 0 Å². The summed E-state index contributed by atoms with van der Waals surface area (Å²) < 4.78 is 5.30. The van der Waals surface area contributed by atoms with E-state index in [0.717, 1.165) is 24.1 Å². The quantitative estimate of drug-likeness (QED) is 0.339. The van der Waals surface area contributed by atoms with Gasteiger partial charge >= 0.3 is 0 Å². The number of ether oxygens (including phenoxy) is 1. The maximum atomic E-state index is 13.0. The molecule has 26 heavy (non-hydrogen) atoms. The van der Waals surface area contributed by atoms with Crippen molar-refractivity contribution < 1.29 is 14.3 Å². The van der Waals surface area contributed by atoms with Crippen molar-refractivity contribution in [2.75, 3.05) is 18.3 Å². The number of hydrogen-bond acceptors (Lipinski definition) is 4. The van der Waals surface area contributed by atoms with Crippen molar-refractivity contribution in [3.8, 4) is 5.75 Å². The van der Waals surface area contributed by atoms with Crippen LogP contribution < -0.4 is 10.1 Å². The number of ketones is 1. The molecule has 0 aliphatic rings. The molecule has 0 aliphatic heterocycles. The van der Waals surface area contributed by atoms with Gasteiger partial charge in [0.15, 0.2) is 5.78 Å². The van der Waals surface area contributed by atoms with Crippen molar-refractivity contribution in [1.82, 2.24) is 0 Å². The van der Waals surface area contributed by atoms with Crippen LogP contribution in [0.25, 0.3) is 0 Å². The van der Waals surface area contributed by atoms with Crippen molar-refractivity contribution in [2.45, 2.75) is 39.0 Å². The Kier molecular flexibility index (Phi) is 8.13. The van der Waals surface area contributed by atoms with Gasteiger partial charge in [-0.3, -0.25) is 9.59 Å². The Hall–Kier alpha value is -1.85. The molecule has 0 fully saturated rings. The van der Waals surface area contributed by atoms with Crippen molar-refractivity contribution >= 4 is 39.6 Å². The first kappa shape index (κ1) is 20.5. The summed E-state index contributed by atoms with van der Waals surface area (Å²) in [4.78, 5) is 25.9. The number of amides is 1. The Morgan fingerprint density at radius 1 is 1.15 bits per heavy atom. The molecule has 140 valence electrons. The number of unbranched alkanes of at least 4 members (excludes halogenated alkanes) is 3. The maximum Gasteiger partial charge on any atom is 0.239 e. The molecule has 1 aromatic carbocycles. The van der Waals surface area contributed by atoms with Gasteiger partial charge in [-0.25, -0.2) is 0 Å². The molecule has 1 N–H and O–H groups in total. The molecule has 0 unspecified atom stereocenters. The SMILES string of the molecule is CCCCCCc1cc(C(=O)c2ccccc2OC)c(NC(=O)CCl)s1. The molecule has 6 heteroatoms. The van der Waals surface area contributed by atoms with Gasteiger partial charge in [-0.2, -0.15) is 0 Å². The van der Waals surface area contributed by atoms with Gasteiger partial charge in [0, 0.05) is 4.88 Å². The molecule has 0 atom stereocenters. The van der Waals surface area contributed by atoms with Crippen molar-refractivity contribution in [3.05, 3.63) is 46.3 Å². The van der Waals surface area contributed by atoms with E-state index in [1.807, 2.05) is 12.1 Å². The number of carbonyl (C=O) groups is 2. The van der Waals surface area contributed by atoms with Gasteiger partial charge < -0.3 is 10.1 Å². The summed E-state index contributed by atoms with van der Waals surface area (Å²) in [5.74, 6) is -0.113. The first-order valence-corrected chi connectivity index (χ1v) is 10.1. The van der Waals surface area contributed by atoms with Crippen LogP contribution in [0.1, 0.15) is 53.4 Å². The number of nitrogens with one attached hydrogen (secondary N) is 1. The first-order valence-electron chi connectivity index (χ1n) is 8.77. The van der Waals surface area contributed by atoms with Gasteiger partial charge in [0.2, 0.25) is 5.91 Å². The van der Waals surface area contributed by atoms with Crippen LogP contribution in [-0.2, 0) is 11.2 Å². The molecule has 2 aromatic rings. The van der Waals surface area contributed by atoms with E-state index >= 15 is 0 Å². The molecular weight excluding hydrogens is 370 g/mol. The molecule has 0 bridgehead atoms. The monoisotopic (exact) mass is 393 g/mol. The van der Waals surface area contributed by atoms with Gasteiger partial charge in [-0.1, -0.05) is 38.3 Å². The molecule has 2 rings (SSSR count). The fraction of sp³-hybridized carbons (Fsp3) is 0.400. The van der Waals surface area contributed by atoms with E-state index in [1.165, 1.54) is 31.3 Å². The Morgan fingerprint density at radius 2 is 1.92 bits per heavy atom. The van der Waals surface area contributed by atoms with E-state index < -0.39 is 0 Å². The lowest BCUT2D eigenvalue weighted by molar-refractivity contribution is -0.113. The minimum atomic E-state index is -0.319. The number of halogens is 1. The van der Waals surface area contributed by atoms with Crippen LogP contribution in [0.2, 0.25) is 0 Å². The highest BCUT2D eigenvalue weighted by atomic mass is 35.5. The number of alkyl halides is 1. The second-order valence-electron chi connectivity index (χ2n) is 5.98. The van der Waals surface area contributed by atoms with Gasteiger partial charge in [0.05, 0.1) is 18.2 Å². The van der Waals surface area contributed by atoms with Gasteiger partial charge in [-0.05, 0) is 31.0 Å². The molecule has 1 heterocycles. The fourth-order valence-electron chi connectivity index (χ4n) is 2.69. The van der Waals surface area contributed by atoms with Crippen LogP contribution in [0.5, 0.6) is 5.75 Å². The Bertz CT molecular complexity index is 757. The predicted molar refractivity (Wildman–Crippen MR) is 108 cm³/mol. The highest BCUT2D eigenvalue weighted by Gasteiger charge is 2.21. The second kappa shape index (κ2) is 10.3. The van der Waals surface area contributed by atoms with Crippen LogP contribution >= 0.6 is 22.9 Å². The average Bonchev–Trinajstić information content (AvgIpc) is 3.07. The zero-order valence-corrected chi connectivity index (χ0v) is 16.7. The zero-order chi connectivity index (χ0) is 18.9. The summed E-state index contributed by atoms with van der Waals surface area (Å²) in [7, 11) is 1.54. The van der Waals surface area contributed by atoms with Crippen LogP contribution in [0.4, 0.5) is 5.00 Å². The molecular formula is C20H24ClNO3S. The predicted octanol–water partition coefficient (Wildman–Crippen LogP) is 5.29. The third-order valence-corrected chi connectivity index (χ3v) is 5.38. The largest absolute Gasteiger partial charge is 0.496 e. The maximum absolute atomic E-state index is 13.0. The summed E-state index contributed by atoms with van der Waals surface area (Å²) in [6.45, 7) is 2.18. The van der Waals surface area contributed by atoms with E-state index in [4.69, 9.17) is 16.3 Å². The molecule has 0 saturated carbocycles. The minimum absolute atomic E-state index is 0.147. The van der Waals surface area contributed by atoms with Crippen molar-refractivity contribution in [2.24, 2.45) is 0 Å². The van der Waals surface area contributed by atoms with Crippen LogP contribution in [0.15, 0.2) is 30.3 Å². The van der Waals surface area contributed by atoms with E-state index in [9.17, 15) is 9.59 Å². The van der Waals surface area contributed by atoms with E-state index in [0.29, 0.717) is 21.9 Å². The van der Waals surface area contributed by atoms with Crippen molar-refractivity contribution in [3.63, 3.8) is 0 Å². The number of methoxy groups -OCH3 is 1. The zero-order valence-electron chi connectivity index (χ0n) is 15.1. The number of benzene rings is 1. The number of rotatable bonds is 10. The van der Waals surface area contributed by atoms with Gasteiger partial charge in [0.1, 0.15) is 16.6 Å². The van der Waals surface area contributed by atoms with Gasteiger partial charge in [0.25, 0.3) is 0 Å². The lowest BCUT2D eigenvalue weighted by atomic mass is 10.0. The number of anilines is 1. The lowest BCUT2D eigenvalue weighted by Gasteiger charge is -2.08. The minimum Gasteiger partial charge on any atom is -0.496 e. The third-order valence-electron chi connectivity index (χ3n) is 4.03. The standard InChI is InChI=1S/C20H24ClNO3S/c1-3-4-5-6-9-14-12-16(20(26-14)22-18(23)13-21)19(24)15-10-7-8-11-17(15)25-2/h7-8,10-12H,3-6,9,13H2,1-2H3,(H,22,23).